The van der Waals surface area contributed by atoms with Crippen molar-refractivity contribution >= 4 is 5.91 Å². The van der Waals surface area contributed by atoms with Gasteiger partial charge in [0, 0.05) is 11.6 Å². The maximum Gasteiger partial charge on any atom is 0.269 e. The van der Waals surface area contributed by atoms with E-state index in [9.17, 15) is 4.79 Å². The minimum absolute atomic E-state index is 0.0918. The van der Waals surface area contributed by atoms with Crippen LogP contribution in [0.1, 0.15) is 17.4 Å². The van der Waals surface area contributed by atoms with Gasteiger partial charge in [-0.05, 0) is 13.0 Å². The van der Waals surface area contributed by atoms with E-state index in [1.807, 2.05) is 30.3 Å². The van der Waals surface area contributed by atoms with Gasteiger partial charge in [0.05, 0.1) is 12.3 Å². The Labute approximate surface area is 105 Å². The number of aliphatic hydroxyl groups is 1. The lowest BCUT2D eigenvalue weighted by molar-refractivity contribution is 0.0917. The summed E-state index contributed by atoms with van der Waals surface area (Å²) in [4.78, 5) is 11.8. The second kappa shape index (κ2) is 5.46. The maximum atomic E-state index is 11.8. The van der Waals surface area contributed by atoms with E-state index in [1.165, 1.54) is 0 Å². The molecular weight excluding hydrogens is 230 g/mol. The average Bonchev–Trinajstić information content (AvgIpc) is 2.89. The summed E-state index contributed by atoms with van der Waals surface area (Å²) in [5, 5.41) is 18.3. The molecule has 5 nitrogen and oxygen atoms in total. The van der Waals surface area contributed by atoms with E-state index in [1.54, 1.807) is 13.0 Å². The number of hydrogen-bond donors (Lipinski definition) is 3. The van der Waals surface area contributed by atoms with Gasteiger partial charge in [-0.25, -0.2) is 0 Å². The van der Waals surface area contributed by atoms with Crippen molar-refractivity contribution in [3.8, 4) is 11.3 Å². The fourth-order valence-corrected chi connectivity index (χ4v) is 1.54. The highest BCUT2D eigenvalue weighted by molar-refractivity contribution is 5.93. The Balaban J connectivity index is 2.13. The molecule has 0 aliphatic rings. The summed E-state index contributed by atoms with van der Waals surface area (Å²) in [6.07, 6.45) is 0. The van der Waals surface area contributed by atoms with E-state index in [2.05, 4.69) is 15.5 Å². The van der Waals surface area contributed by atoms with Gasteiger partial charge >= 0.3 is 0 Å². The number of aliphatic hydroxyl groups excluding tert-OH is 1. The van der Waals surface area contributed by atoms with Crippen molar-refractivity contribution in [2.75, 3.05) is 6.61 Å². The molecule has 0 radical (unpaired) electrons. The number of carbonyl (C=O) groups is 1. The zero-order valence-electron chi connectivity index (χ0n) is 10.1. The molecule has 0 bridgehead atoms. The zero-order valence-corrected chi connectivity index (χ0v) is 10.1. The molecule has 94 valence electrons. The quantitative estimate of drug-likeness (QED) is 0.757. The zero-order chi connectivity index (χ0) is 13.0. The van der Waals surface area contributed by atoms with Crippen LogP contribution in [0.2, 0.25) is 0 Å². The van der Waals surface area contributed by atoms with Gasteiger partial charge in [0.25, 0.3) is 5.91 Å². The van der Waals surface area contributed by atoms with Crippen molar-refractivity contribution in [1.29, 1.82) is 0 Å². The minimum Gasteiger partial charge on any atom is -0.394 e. The third-order valence-electron chi connectivity index (χ3n) is 2.54. The van der Waals surface area contributed by atoms with Crippen LogP contribution in [0.25, 0.3) is 11.3 Å². The Bertz CT molecular complexity index is 522. The lowest BCUT2D eigenvalue weighted by Crippen LogP contribution is -2.35. The first-order valence-corrected chi connectivity index (χ1v) is 5.73. The van der Waals surface area contributed by atoms with Gasteiger partial charge in [-0.1, -0.05) is 30.3 Å². The Hall–Kier alpha value is -2.14. The summed E-state index contributed by atoms with van der Waals surface area (Å²) in [6.45, 7) is 1.64. The number of carbonyl (C=O) groups excluding carboxylic acids is 1. The van der Waals surface area contributed by atoms with Crippen LogP contribution >= 0.6 is 0 Å². The van der Waals surface area contributed by atoms with Crippen LogP contribution < -0.4 is 5.32 Å². The lowest BCUT2D eigenvalue weighted by Gasteiger charge is -2.08. The summed E-state index contributed by atoms with van der Waals surface area (Å²) >= 11 is 0. The van der Waals surface area contributed by atoms with Crippen molar-refractivity contribution in [2.24, 2.45) is 0 Å². The molecule has 1 aromatic heterocycles. The first-order valence-electron chi connectivity index (χ1n) is 5.73. The van der Waals surface area contributed by atoms with Gasteiger partial charge in [-0.15, -0.1) is 0 Å². The van der Waals surface area contributed by atoms with Crippen molar-refractivity contribution in [3.05, 3.63) is 42.1 Å². The summed E-state index contributed by atoms with van der Waals surface area (Å²) in [6, 6.07) is 11.0. The summed E-state index contributed by atoms with van der Waals surface area (Å²) in [5.41, 5.74) is 2.05. The van der Waals surface area contributed by atoms with Crippen molar-refractivity contribution in [2.45, 2.75) is 13.0 Å². The maximum absolute atomic E-state index is 11.8. The number of aromatic amines is 1. The number of hydrogen-bond acceptors (Lipinski definition) is 3. The van der Waals surface area contributed by atoms with E-state index < -0.39 is 0 Å². The smallest absolute Gasteiger partial charge is 0.269 e. The molecule has 0 saturated carbocycles. The van der Waals surface area contributed by atoms with E-state index in [0.29, 0.717) is 5.69 Å². The molecule has 1 aromatic carbocycles. The molecule has 1 heterocycles. The number of benzene rings is 1. The fourth-order valence-electron chi connectivity index (χ4n) is 1.54. The number of aromatic nitrogens is 2. The topological polar surface area (TPSA) is 78.0 Å². The largest absolute Gasteiger partial charge is 0.394 e. The second-order valence-corrected chi connectivity index (χ2v) is 4.09. The van der Waals surface area contributed by atoms with Gasteiger partial charge in [0.1, 0.15) is 5.69 Å². The molecular formula is C13H15N3O2. The van der Waals surface area contributed by atoms with Gasteiger partial charge in [0.2, 0.25) is 0 Å². The normalized spacial score (nSPS) is 12.1. The van der Waals surface area contributed by atoms with E-state index >= 15 is 0 Å². The van der Waals surface area contributed by atoms with Gasteiger partial charge in [0.15, 0.2) is 0 Å². The number of H-pyrrole nitrogens is 1. The highest BCUT2D eigenvalue weighted by Gasteiger charge is 2.12. The molecule has 3 N–H and O–H groups in total. The monoisotopic (exact) mass is 245 g/mol. The minimum atomic E-state index is -0.277. The first kappa shape index (κ1) is 12.3. The number of nitrogens with zero attached hydrogens (tertiary/aromatic N) is 1. The standard InChI is InChI=1S/C13H15N3O2/c1-9(8-17)14-13(18)12-7-11(15-16-12)10-5-3-2-4-6-10/h2-7,9,17H,8H2,1H3,(H,14,18)(H,15,16)/t9-/m1/s1. The average molecular weight is 245 g/mol. The van der Waals surface area contributed by atoms with Gasteiger partial charge in [-0.3, -0.25) is 9.89 Å². The third-order valence-corrected chi connectivity index (χ3v) is 2.54. The number of nitrogens with one attached hydrogen (secondary N) is 2. The van der Waals surface area contributed by atoms with Crippen LogP contribution in [0, 0.1) is 0 Å². The molecule has 0 saturated heterocycles. The third kappa shape index (κ3) is 2.75. The number of rotatable bonds is 4. The highest BCUT2D eigenvalue weighted by atomic mass is 16.3. The lowest BCUT2D eigenvalue weighted by atomic mass is 10.1. The SMILES string of the molecule is C[C@H](CO)NC(=O)c1cc(-c2ccccc2)n[nH]1. The summed E-state index contributed by atoms with van der Waals surface area (Å²) in [5.74, 6) is -0.272. The molecule has 1 atom stereocenters. The molecule has 5 heteroatoms. The Morgan fingerprint density at radius 3 is 2.83 bits per heavy atom. The Kier molecular flexibility index (Phi) is 3.74. The predicted molar refractivity (Wildman–Crippen MR) is 68.0 cm³/mol. The van der Waals surface area contributed by atoms with Crippen LogP contribution in [0.4, 0.5) is 0 Å². The summed E-state index contributed by atoms with van der Waals surface area (Å²) in [7, 11) is 0. The van der Waals surface area contributed by atoms with Crippen molar-refractivity contribution in [1.82, 2.24) is 15.5 Å². The molecule has 0 unspecified atom stereocenters. The van der Waals surface area contributed by atoms with E-state index in [0.717, 1.165) is 11.3 Å². The Morgan fingerprint density at radius 2 is 2.17 bits per heavy atom. The van der Waals surface area contributed by atoms with Gasteiger partial charge in [-0.2, -0.15) is 5.10 Å². The van der Waals surface area contributed by atoms with E-state index in [4.69, 9.17) is 5.11 Å². The van der Waals surface area contributed by atoms with Crippen LogP contribution in [0.15, 0.2) is 36.4 Å². The molecule has 0 aliphatic heterocycles. The molecule has 0 fully saturated rings. The molecule has 1 amide bonds. The van der Waals surface area contributed by atoms with Crippen molar-refractivity contribution < 1.29 is 9.90 Å². The van der Waals surface area contributed by atoms with Crippen molar-refractivity contribution in [3.63, 3.8) is 0 Å². The predicted octanol–water partition coefficient (Wildman–Crippen LogP) is 1.19. The molecule has 0 spiro atoms. The highest BCUT2D eigenvalue weighted by Crippen LogP contribution is 2.16. The molecule has 2 aromatic rings. The van der Waals surface area contributed by atoms with Crippen LogP contribution in [0.5, 0.6) is 0 Å². The first-order chi connectivity index (χ1) is 8.70. The van der Waals surface area contributed by atoms with Crippen LogP contribution in [-0.4, -0.2) is 33.9 Å². The van der Waals surface area contributed by atoms with Gasteiger partial charge < -0.3 is 10.4 Å². The summed E-state index contributed by atoms with van der Waals surface area (Å²) < 4.78 is 0. The molecule has 2 rings (SSSR count). The molecule has 0 aliphatic carbocycles. The second-order valence-electron chi connectivity index (χ2n) is 4.09. The van der Waals surface area contributed by atoms with Crippen LogP contribution in [-0.2, 0) is 0 Å². The fraction of sp³-hybridized carbons (Fsp3) is 0.231. The molecule has 18 heavy (non-hydrogen) atoms. The van der Waals surface area contributed by atoms with E-state index in [-0.39, 0.29) is 18.6 Å². The Morgan fingerprint density at radius 1 is 1.44 bits per heavy atom. The van der Waals surface area contributed by atoms with Crippen LogP contribution in [0.3, 0.4) is 0 Å². The number of amides is 1.